The first-order chi connectivity index (χ1) is 11.1. The average molecular weight is 326 g/mol. The molecule has 0 saturated carbocycles. The van der Waals surface area contributed by atoms with Crippen molar-refractivity contribution in [1.82, 2.24) is 10.6 Å². The molecule has 0 unspecified atom stereocenters. The molecule has 1 aliphatic carbocycles. The van der Waals surface area contributed by atoms with Crippen LogP contribution in [0.4, 0.5) is 0 Å². The fourth-order valence-corrected chi connectivity index (χ4v) is 2.71. The lowest BCUT2D eigenvalue weighted by atomic mass is 9.99. The predicted molar refractivity (Wildman–Crippen MR) is 84.8 cm³/mol. The van der Waals surface area contributed by atoms with E-state index in [0.717, 1.165) is 12.7 Å². The predicted octanol–water partition coefficient (Wildman–Crippen LogP) is 0.367. The highest BCUT2D eigenvalue weighted by molar-refractivity contribution is 5.75. The van der Waals surface area contributed by atoms with Crippen molar-refractivity contribution in [2.75, 3.05) is 26.6 Å². The van der Waals surface area contributed by atoms with E-state index in [0.29, 0.717) is 44.0 Å². The molecule has 0 spiro atoms. The molecule has 0 bridgehead atoms. The molecule has 130 valence electrons. The Bertz CT molecular complexity index is 463. The fraction of sp³-hybridized carbons (Fsp3) is 0.688. The quantitative estimate of drug-likeness (QED) is 0.290. The zero-order chi connectivity index (χ0) is 16.7. The lowest BCUT2D eigenvalue weighted by Crippen LogP contribution is -2.52. The van der Waals surface area contributed by atoms with E-state index in [9.17, 15) is 15.0 Å². The summed E-state index contributed by atoms with van der Waals surface area (Å²) in [6.45, 7) is 3.58. The molecule has 0 aromatic heterocycles. The molecule has 1 aliphatic heterocycles. The van der Waals surface area contributed by atoms with Gasteiger partial charge in [-0.05, 0) is 31.4 Å². The maximum Gasteiger partial charge on any atom is 0.146 e. The van der Waals surface area contributed by atoms with Gasteiger partial charge in [-0.3, -0.25) is 15.4 Å². The molecule has 2 aliphatic rings. The van der Waals surface area contributed by atoms with Crippen LogP contribution < -0.4 is 10.6 Å². The van der Waals surface area contributed by atoms with Crippen LogP contribution in [0.5, 0.6) is 0 Å². The number of allylic oxidation sites excluding steroid dienone is 2. The first kappa shape index (κ1) is 18.1. The second kappa shape index (κ2) is 9.14. The smallest absolute Gasteiger partial charge is 0.146 e. The summed E-state index contributed by atoms with van der Waals surface area (Å²) < 4.78 is 10.8. The molecule has 3 atom stereocenters. The lowest BCUT2D eigenvalue weighted by Gasteiger charge is -2.33. The van der Waals surface area contributed by atoms with E-state index in [4.69, 9.17) is 9.47 Å². The Balaban J connectivity index is 1.61. The summed E-state index contributed by atoms with van der Waals surface area (Å²) in [6.07, 6.45) is 3.66. The molecule has 0 radical (unpaired) electrons. The highest BCUT2D eigenvalue weighted by Gasteiger charge is 2.28. The van der Waals surface area contributed by atoms with E-state index in [2.05, 4.69) is 10.6 Å². The van der Waals surface area contributed by atoms with Crippen LogP contribution >= 0.6 is 0 Å². The van der Waals surface area contributed by atoms with E-state index in [1.807, 2.05) is 6.92 Å². The van der Waals surface area contributed by atoms with E-state index >= 15 is 0 Å². The van der Waals surface area contributed by atoms with Gasteiger partial charge in [0.2, 0.25) is 0 Å². The van der Waals surface area contributed by atoms with Crippen molar-refractivity contribution < 1.29 is 24.5 Å². The number of aliphatic hydroxyl groups excluding tert-OH is 2. The van der Waals surface area contributed by atoms with Gasteiger partial charge < -0.3 is 19.7 Å². The molecular formula is C16H26N2O5. The number of carbonyl (C=O) groups is 1. The molecule has 23 heavy (non-hydrogen) atoms. The van der Waals surface area contributed by atoms with Gasteiger partial charge in [0, 0.05) is 31.3 Å². The summed E-state index contributed by atoms with van der Waals surface area (Å²) >= 11 is 0. The van der Waals surface area contributed by atoms with Crippen LogP contribution in [0, 0.1) is 0 Å². The van der Waals surface area contributed by atoms with Gasteiger partial charge in [-0.25, -0.2) is 0 Å². The van der Waals surface area contributed by atoms with E-state index in [1.165, 1.54) is 0 Å². The number of nitrogens with one attached hydrogen (secondary N) is 2. The molecule has 1 fully saturated rings. The lowest BCUT2D eigenvalue weighted by molar-refractivity contribution is -0.105. The third-order valence-electron chi connectivity index (χ3n) is 4.19. The Hall–Kier alpha value is -1.25. The topological polar surface area (TPSA) is 100 Å². The van der Waals surface area contributed by atoms with Crippen LogP contribution in [0.15, 0.2) is 23.0 Å². The first-order valence-corrected chi connectivity index (χ1v) is 8.00. The van der Waals surface area contributed by atoms with Gasteiger partial charge in [0.15, 0.2) is 0 Å². The normalized spacial score (nSPS) is 28.6. The van der Waals surface area contributed by atoms with Crippen molar-refractivity contribution in [3.63, 3.8) is 0 Å². The second-order valence-corrected chi connectivity index (χ2v) is 5.89. The standard InChI is InChI=1S/C16H26N2O5/c1-11-16(21)14(4-5-23-11)18-9-17-10-22-8-13-6-12(7-19)2-3-15(13)20/h6-7,11,14,16-18,20-21H,2-5,8-10H2,1H3/t11-,14-,16+/m0/s1. The van der Waals surface area contributed by atoms with Gasteiger partial charge in [0.25, 0.3) is 0 Å². The van der Waals surface area contributed by atoms with Gasteiger partial charge in [-0.1, -0.05) is 0 Å². The van der Waals surface area contributed by atoms with Crippen molar-refractivity contribution in [2.24, 2.45) is 0 Å². The summed E-state index contributed by atoms with van der Waals surface area (Å²) in [4.78, 5) is 10.8. The molecule has 1 saturated heterocycles. The summed E-state index contributed by atoms with van der Waals surface area (Å²) in [7, 11) is 0. The van der Waals surface area contributed by atoms with Gasteiger partial charge in [0.1, 0.15) is 6.29 Å². The van der Waals surface area contributed by atoms with Gasteiger partial charge in [0.05, 0.1) is 31.3 Å². The highest BCUT2D eigenvalue weighted by Crippen LogP contribution is 2.21. The molecule has 4 N–H and O–H groups in total. The van der Waals surface area contributed by atoms with Gasteiger partial charge in [-0.2, -0.15) is 0 Å². The van der Waals surface area contributed by atoms with Crippen molar-refractivity contribution in [1.29, 1.82) is 0 Å². The average Bonchev–Trinajstić information content (AvgIpc) is 2.56. The van der Waals surface area contributed by atoms with Gasteiger partial charge >= 0.3 is 0 Å². The van der Waals surface area contributed by atoms with Crippen LogP contribution in [-0.4, -0.2) is 61.4 Å². The second-order valence-electron chi connectivity index (χ2n) is 5.89. The monoisotopic (exact) mass is 326 g/mol. The number of hydrogen-bond donors (Lipinski definition) is 4. The van der Waals surface area contributed by atoms with E-state index in [-0.39, 0.29) is 24.5 Å². The van der Waals surface area contributed by atoms with Crippen LogP contribution in [-0.2, 0) is 14.3 Å². The van der Waals surface area contributed by atoms with Crippen LogP contribution in [0.1, 0.15) is 26.2 Å². The Morgan fingerprint density at radius 1 is 1.48 bits per heavy atom. The first-order valence-electron chi connectivity index (χ1n) is 8.00. The zero-order valence-corrected chi connectivity index (χ0v) is 13.5. The number of ether oxygens (including phenoxy) is 2. The number of hydrogen-bond acceptors (Lipinski definition) is 7. The highest BCUT2D eigenvalue weighted by atomic mass is 16.5. The minimum absolute atomic E-state index is 0.00873. The third-order valence-corrected chi connectivity index (χ3v) is 4.19. The van der Waals surface area contributed by atoms with Crippen LogP contribution in [0.2, 0.25) is 0 Å². The third kappa shape index (κ3) is 5.40. The summed E-state index contributed by atoms with van der Waals surface area (Å²) in [5, 5.41) is 26.0. The number of aldehydes is 1. The fourth-order valence-electron chi connectivity index (χ4n) is 2.71. The maximum atomic E-state index is 10.8. The Labute approximate surface area is 136 Å². The zero-order valence-electron chi connectivity index (χ0n) is 13.5. The molecule has 7 nitrogen and oxygen atoms in total. The van der Waals surface area contributed by atoms with E-state index in [1.54, 1.807) is 6.08 Å². The molecular weight excluding hydrogens is 300 g/mol. The SMILES string of the molecule is C[C@@H]1OCC[C@H](NCNCOCC2=C(O)CCC(C=O)=C2)[C@@H]1O. The minimum atomic E-state index is -0.511. The molecule has 2 rings (SSSR count). The summed E-state index contributed by atoms with van der Waals surface area (Å²) in [5.74, 6) is 0.285. The molecule has 7 heteroatoms. The van der Waals surface area contributed by atoms with Crippen LogP contribution in [0.3, 0.4) is 0 Å². The van der Waals surface area contributed by atoms with Crippen molar-refractivity contribution >= 4 is 6.29 Å². The Morgan fingerprint density at radius 3 is 3.09 bits per heavy atom. The summed E-state index contributed by atoms with van der Waals surface area (Å²) in [6, 6.07) is 0.00873. The van der Waals surface area contributed by atoms with Crippen molar-refractivity contribution in [3.05, 3.63) is 23.0 Å². The minimum Gasteiger partial charge on any atom is -0.512 e. The number of aliphatic hydroxyl groups is 2. The molecule has 0 amide bonds. The van der Waals surface area contributed by atoms with Crippen LogP contribution in [0.25, 0.3) is 0 Å². The Morgan fingerprint density at radius 2 is 2.30 bits per heavy atom. The molecule has 1 heterocycles. The molecule has 0 aromatic carbocycles. The Kier molecular flexibility index (Phi) is 7.19. The van der Waals surface area contributed by atoms with Crippen molar-refractivity contribution in [2.45, 2.75) is 44.4 Å². The van der Waals surface area contributed by atoms with E-state index < -0.39 is 6.10 Å². The van der Waals surface area contributed by atoms with Crippen molar-refractivity contribution in [3.8, 4) is 0 Å². The number of carbonyl (C=O) groups excluding carboxylic acids is 1. The maximum absolute atomic E-state index is 10.8. The van der Waals surface area contributed by atoms with Gasteiger partial charge in [-0.15, -0.1) is 0 Å². The summed E-state index contributed by atoms with van der Waals surface area (Å²) in [5.41, 5.74) is 1.33. The molecule has 0 aromatic rings. The largest absolute Gasteiger partial charge is 0.512 e. The number of rotatable bonds is 8.